The molecule has 0 saturated carbocycles. The van der Waals surface area contributed by atoms with Crippen LogP contribution in [0.3, 0.4) is 0 Å². The number of pyridine rings is 1. The highest BCUT2D eigenvalue weighted by Gasteiger charge is 2.16. The second kappa shape index (κ2) is 6.86. The number of rotatable bonds is 4. The molecule has 2 aromatic heterocycles. The van der Waals surface area contributed by atoms with Crippen molar-refractivity contribution in [2.45, 2.75) is 6.54 Å². The Labute approximate surface area is 159 Å². The zero-order valence-corrected chi connectivity index (χ0v) is 15.5. The van der Waals surface area contributed by atoms with Crippen LogP contribution in [-0.4, -0.2) is 25.2 Å². The summed E-state index contributed by atoms with van der Waals surface area (Å²) in [5.74, 6) is -1.77. The van der Waals surface area contributed by atoms with Gasteiger partial charge in [-0.2, -0.15) is 0 Å². The lowest BCUT2D eigenvalue weighted by Crippen LogP contribution is -2.28. The number of carbonyl (C=O) groups is 1. The summed E-state index contributed by atoms with van der Waals surface area (Å²) in [6, 6.07) is 5.59. The largest absolute Gasteiger partial charge is 0.480 e. The fourth-order valence-electron chi connectivity index (χ4n) is 2.46. The van der Waals surface area contributed by atoms with Crippen molar-refractivity contribution in [1.82, 2.24) is 14.1 Å². The average Bonchev–Trinajstić information content (AvgIpc) is 2.56. The van der Waals surface area contributed by atoms with E-state index in [4.69, 9.17) is 5.11 Å². The van der Waals surface area contributed by atoms with Crippen LogP contribution >= 0.6 is 22.6 Å². The van der Waals surface area contributed by atoms with E-state index in [1.54, 1.807) is 6.07 Å². The van der Waals surface area contributed by atoms with Gasteiger partial charge >= 0.3 is 5.97 Å². The molecule has 2 heterocycles. The summed E-state index contributed by atoms with van der Waals surface area (Å²) in [5, 5.41) is 11.7. The van der Waals surface area contributed by atoms with E-state index in [-0.39, 0.29) is 22.4 Å². The number of halogens is 2. The van der Waals surface area contributed by atoms with Crippen LogP contribution in [0.1, 0.15) is 0 Å². The minimum absolute atomic E-state index is 0.00574. The van der Waals surface area contributed by atoms with Crippen molar-refractivity contribution in [3.05, 3.63) is 60.7 Å². The van der Waals surface area contributed by atoms with Crippen molar-refractivity contribution in [2.75, 3.05) is 5.32 Å². The fraction of sp³-hybridized carbons (Fsp3) is 0.125. The van der Waals surface area contributed by atoms with E-state index in [2.05, 4.69) is 10.3 Å². The molecule has 10 heteroatoms. The van der Waals surface area contributed by atoms with E-state index >= 15 is 0 Å². The maximum atomic E-state index is 14.1. The van der Waals surface area contributed by atoms with Crippen molar-refractivity contribution in [1.29, 1.82) is 0 Å². The Hall–Kier alpha value is -2.76. The standard InChI is InChI=1S/C16H12FIN4O4/c1-21-12(23)5-11(20-10-3-2-8(18)4-9(10)17)14-15(21)19-7-22(16(14)26)6-13(24)25/h2-5,7,20H,6H2,1H3,(H,24,25). The van der Waals surface area contributed by atoms with E-state index in [0.717, 1.165) is 21.5 Å². The summed E-state index contributed by atoms with van der Waals surface area (Å²) in [6.45, 7) is -0.581. The molecule has 3 aromatic rings. The van der Waals surface area contributed by atoms with Crippen molar-refractivity contribution in [3.63, 3.8) is 0 Å². The first kappa shape index (κ1) is 18.0. The normalized spacial score (nSPS) is 10.9. The van der Waals surface area contributed by atoms with Gasteiger partial charge in [0.1, 0.15) is 24.1 Å². The van der Waals surface area contributed by atoms with Crippen LogP contribution in [0.25, 0.3) is 11.0 Å². The van der Waals surface area contributed by atoms with E-state index < -0.39 is 29.4 Å². The van der Waals surface area contributed by atoms with E-state index in [9.17, 15) is 18.8 Å². The van der Waals surface area contributed by atoms with Crippen LogP contribution in [-0.2, 0) is 18.4 Å². The Morgan fingerprint density at radius 1 is 1.31 bits per heavy atom. The highest BCUT2D eigenvalue weighted by Crippen LogP contribution is 2.24. The monoisotopic (exact) mass is 470 g/mol. The molecule has 0 fully saturated rings. The third kappa shape index (κ3) is 3.31. The number of fused-ring (bicyclic) bond motifs is 1. The quantitative estimate of drug-likeness (QED) is 0.563. The third-order valence-electron chi connectivity index (χ3n) is 3.71. The van der Waals surface area contributed by atoms with Gasteiger partial charge in [-0.05, 0) is 40.8 Å². The molecule has 0 atom stereocenters. The van der Waals surface area contributed by atoms with Gasteiger partial charge in [0, 0.05) is 16.7 Å². The molecule has 0 amide bonds. The molecule has 0 unspecified atom stereocenters. The minimum Gasteiger partial charge on any atom is -0.480 e. The molecule has 0 spiro atoms. The van der Waals surface area contributed by atoms with Gasteiger partial charge in [-0.3, -0.25) is 23.5 Å². The molecule has 0 aliphatic heterocycles. The van der Waals surface area contributed by atoms with E-state index in [1.165, 1.54) is 19.2 Å². The predicted molar refractivity (Wildman–Crippen MR) is 101 cm³/mol. The van der Waals surface area contributed by atoms with Gasteiger partial charge in [0.25, 0.3) is 11.1 Å². The Morgan fingerprint density at radius 2 is 2.04 bits per heavy atom. The van der Waals surface area contributed by atoms with Gasteiger partial charge in [0.05, 0.1) is 11.4 Å². The second-order valence-electron chi connectivity index (χ2n) is 5.47. The number of carboxylic acids is 1. The van der Waals surface area contributed by atoms with Crippen molar-refractivity contribution < 1.29 is 14.3 Å². The number of hydrogen-bond donors (Lipinski definition) is 2. The summed E-state index contributed by atoms with van der Waals surface area (Å²) in [7, 11) is 1.44. The number of anilines is 2. The lowest BCUT2D eigenvalue weighted by molar-refractivity contribution is -0.137. The lowest BCUT2D eigenvalue weighted by Gasteiger charge is -2.13. The molecule has 0 radical (unpaired) electrons. The molecular weight excluding hydrogens is 458 g/mol. The molecule has 26 heavy (non-hydrogen) atoms. The molecule has 0 bridgehead atoms. The summed E-state index contributed by atoms with van der Waals surface area (Å²) < 4.78 is 16.9. The highest BCUT2D eigenvalue weighted by atomic mass is 127. The maximum Gasteiger partial charge on any atom is 0.323 e. The van der Waals surface area contributed by atoms with Gasteiger partial charge in [-0.1, -0.05) is 0 Å². The molecule has 0 saturated heterocycles. The van der Waals surface area contributed by atoms with Crippen molar-refractivity contribution in [3.8, 4) is 0 Å². The molecule has 1 aromatic carbocycles. The number of nitrogens with zero attached hydrogens (tertiary/aromatic N) is 3. The predicted octanol–water partition coefficient (Wildman–Crippen LogP) is 1.67. The number of aromatic nitrogens is 3. The van der Waals surface area contributed by atoms with E-state index in [1.807, 2.05) is 22.6 Å². The minimum atomic E-state index is -1.21. The Kier molecular flexibility index (Phi) is 4.76. The van der Waals surface area contributed by atoms with Gasteiger partial charge in [-0.15, -0.1) is 0 Å². The second-order valence-corrected chi connectivity index (χ2v) is 6.72. The first-order valence-corrected chi connectivity index (χ1v) is 8.39. The number of hydrogen-bond acceptors (Lipinski definition) is 5. The van der Waals surface area contributed by atoms with Crippen LogP contribution in [0.5, 0.6) is 0 Å². The van der Waals surface area contributed by atoms with Gasteiger partial charge in [0.15, 0.2) is 5.65 Å². The van der Waals surface area contributed by atoms with E-state index in [0.29, 0.717) is 3.57 Å². The van der Waals surface area contributed by atoms with Crippen molar-refractivity contribution >= 4 is 51.0 Å². The summed E-state index contributed by atoms with van der Waals surface area (Å²) in [4.78, 5) is 39.8. The Bertz CT molecular complexity index is 1160. The molecular formula is C16H12FIN4O4. The number of aliphatic carboxylic acids is 1. The molecule has 3 rings (SSSR count). The van der Waals surface area contributed by atoms with Crippen LogP contribution in [0.4, 0.5) is 15.8 Å². The number of aryl methyl sites for hydroxylation is 1. The van der Waals surface area contributed by atoms with Crippen LogP contribution < -0.4 is 16.4 Å². The summed E-state index contributed by atoms with van der Waals surface area (Å²) in [6.07, 6.45) is 1.06. The summed E-state index contributed by atoms with van der Waals surface area (Å²) >= 11 is 1.96. The van der Waals surface area contributed by atoms with Gasteiger partial charge in [-0.25, -0.2) is 9.37 Å². The van der Waals surface area contributed by atoms with Crippen LogP contribution in [0.2, 0.25) is 0 Å². The molecule has 0 aliphatic rings. The highest BCUT2D eigenvalue weighted by molar-refractivity contribution is 14.1. The molecule has 0 aliphatic carbocycles. The molecule has 8 nitrogen and oxygen atoms in total. The third-order valence-corrected chi connectivity index (χ3v) is 4.38. The Balaban J connectivity index is 2.26. The maximum absolute atomic E-state index is 14.1. The van der Waals surface area contributed by atoms with Gasteiger partial charge < -0.3 is 10.4 Å². The number of benzene rings is 1. The summed E-state index contributed by atoms with van der Waals surface area (Å²) in [5.41, 5.74) is -0.902. The van der Waals surface area contributed by atoms with Crippen LogP contribution in [0.15, 0.2) is 40.2 Å². The first-order chi connectivity index (χ1) is 12.3. The van der Waals surface area contributed by atoms with Gasteiger partial charge in [0.2, 0.25) is 0 Å². The van der Waals surface area contributed by atoms with Crippen LogP contribution in [0, 0.1) is 9.39 Å². The smallest absolute Gasteiger partial charge is 0.323 e. The zero-order chi connectivity index (χ0) is 19.0. The van der Waals surface area contributed by atoms with Crippen molar-refractivity contribution in [2.24, 2.45) is 7.05 Å². The SMILES string of the molecule is Cn1c(=O)cc(Nc2ccc(I)cc2F)c2c(=O)n(CC(=O)O)cnc21. The molecule has 2 N–H and O–H groups in total. The first-order valence-electron chi connectivity index (χ1n) is 7.31. The Morgan fingerprint density at radius 3 is 2.69 bits per heavy atom. The lowest BCUT2D eigenvalue weighted by atomic mass is 10.2. The number of nitrogens with one attached hydrogen (secondary N) is 1. The number of carboxylic acid groups (broad SMARTS) is 1. The molecule has 134 valence electrons. The zero-order valence-electron chi connectivity index (χ0n) is 13.4. The topological polar surface area (TPSA) is 106 Å². The fourth-order valence-corrected chi connectivity index (χ4v) is 2.91. The average molecular weight is 470 g/mol.